The summed E-state index contributed by atoms with van der Waals surface area (Å²) in [5, 5.41) is 22.2. The van der Waals surface area contributed by atoms with E-state index in [2.05, 4.69) is 19.6 Å². The normalized spacial score (nSPS) is 20.7. The Morgan fingerprint density at radius 3 is 2.65 bits per heavy atom. The number of anilines is 2. The third kappa shape index (κ3) is 5.48. The first-order valence-electron chi connectivity index (χ1n) is 11.1. The van der Waals surface area contributed by atoms with E-state index in [1.54, 1.807) is 0 Å². The van der Waals surface area contributed by atoms with Gasteiger partial charge >= 0.3 is 0 Å². The van der Waals surface area contributed by atoms with Crippen molar-refractivity contribution in [1.82, 2.24) is 14.3 Å². The quantitative estimate of drug-likeness (QED) is 0.465. The van der Waals surface area contributed by atoms with Gasteiger partial charge < -0.3 is 25.3 Å². The van der Waals surface area contributed by atoms with E-state index < -0.39 is 27.8 Å². The number of aromatic nitrogens is 2. The van der Waals surface area contributed by atoms with Crippen molar-refractivity contribution in [3.8, 4) is 0 Å². The minimum Gasteiger partial charge on any atom is -0.394 e. The monoisotopic (exact) mass is 513 g/mol. The van der Waals surface area contributed by atoms with E-state index in [4.69, 9.17) is 5.11 Å². The summed E-state index contributed by atoms with van der Waals surface area (Å²) in [6.07, 6.45) is 2.43. The largest absolute Gasteiger partial charge is 0.394 e. The lowest BCUT2D eigenvalue weighted by Crippen LogP contribution is -2.47. The second-order valence-electron chi connectivity index (χ2n) is 8.68. The summed E-state index contributed by atoms with van der Waals surface area (Å²) in [6.45, 7) is 1.67. The fraction of sp³-hybridized carbons (Fsp3) is 0.571. The maximum atomic E-state index is 14.4. The third-order valence-electron chi connectivity index (χ3n) is 6.20. The number of halogens is 1. The Bertz CT molecular complexity index is 1140. The molecule has 1 aromatic heterocycles. The number of carbonyl (C=O) groups excluding carboxylic acids is 1. The maximum absolute atomic E-state index is 14.4. The molecule has 4 rings (SSSR count). The third-order valence-corrected chi connectivity index (χ3v) is 8.13. The average Bonchev–Trinajstić information content (AvgIpc) is 3.41. The molecule has 10 nitrogen and oxygen atoms in total. The molecule has 2 aliphatic rings. The number of nitrogens with zero attached hydrogens (tertiary/aromatic N) is 4. The standard InChI is InChI=1S/C21H28FN5O5S2/c1-34(31,32)15-2-3-17(16(22)11-15)23-18-6-9-27(20(18)30)13-4-7-26(8-5-13)21-24-19(25-33-21)10-14(29)12-28/h2-3,11,13-14,18,23,28-29H,4-10,12H2,1H3/t14-,18-/m0/s1. The number of sulfone groups is 1. The molecule has 2 aliphatic heterocycles. The van der Waals surface area contributed by atoms with Gasteiger partial charge in [-0.1, -0.05) is 0 Å². The minimum atomic E-state index is -3.51. The second kappa shape index (κ2) is 10.1. The van der Waals surface area contributed by atoms with Crippen LogP contribution in [0.3, 0.4) is 0 Å². The highest BCUT2D eigenvalue weighted by molar-refractivity contribution is 7.90. The van der Waals surface area contributed by atoms with Gasteiger partial charge in [-0.3, -0.25) is 4.79 Å². The van der Waals surface area contributed by atoms with Crippen molar-refractivity contribution in [2.24, 2.45) is 0 Å². The van der Waals surface area contributed by atoms with E-state index in [1.165, 1.54) is 23.7 Å². The molecule has 13 heteroatoms. The van der Waals surface area contributed by atoms with Crippen LogP contribution in [0.5, 0.6) is 0 Å². The predicted octanol–water partition coefficient (Wildman–Crippen LogP) is 0.658. The van der Waals surface area contributed by atoms with Gasteiger partial charge in [-0.25, -0.2) is 17.8 Å². The molecular weight excluding hydrogens is 485 g/mol. The fourth-order valence-electron chi connectivity index (χ4n) is 4.33. The van der Waals surface area contributed by atoms with Crippen LogP contribution in [0.2, 0.25) is 0 Å². The lowest BCUT2D eigenvalue weighted by Gasteiger charge is -2.36. The summed E-state index contributed by atoms with van der Waals surface area (Å²) >= 11 is 1.26. The van der Waals surface area contributed by atoms with Gasteiger partial charge in [0.25, 0.3) is 0 Å². The van der Waals surface area contributed by atoms with Gasteiger partial charge in [0.15, 0.2) is 9.84 Å². The summed E-state index contributed by atoms with van der Waals surface area (Å²) in [6, 6.07) is 3.18. The molecular formula is C21H28FN5O5S2. The molecule has 0 spiro atoms. The Morgan fingerprint density at radius 1 is 1.26 bits per heavy atom. The Balaban J connectivity index is 1.32. The topological polar surface area (TPSA) is 136 Å². The van der Waals surface area contributed by atoms with E-state index in [0.717, 1.165) is 30.3 Å². The molecule has 3 heterocycles. The number of aliphatic hydroxyl groups is 2. The SMILES string of the molecule is CS(=O)(=O)c1ccc(N[C@H]2CCN(C3CCN(c4nc(C[C@H](O)CO)ns4)CC3)C2=O)c(F)c1. The van der Waals surface area contributed by atoms with Gasteiger partial charge in [-0.15, -0.1) is 0 Å². The van der Waals surface area contributed by atoms with E-state index in [9.17, 15) is 22.7 Å². The summed E-state index contributed by atoms with van der Waals surface area (Å²) in [5.74, 6) is -0.282. The van der Waals surface area contributed by atoms with E-state index in [0.29, 0.717) is 31.9 Å². The number of piperidine rings is 1. The highest BCUT2D eigenvalue weighted by Gasteiger charge is 2.37. The van der Waals surface area contributed by atoms with Gasteiger partial charge in [0.2, 0.25) is 11.0 Å². The minimum absolute atomic E-state index is 0.0802. The average molecular weight is 514 g/mol. The molecule has 34 heavy (non-hydrogen) atoms. The smallest absolute Gasteiger partial charge is 0.245 e. The van der Waals surface area contributed by atoms with Crippen LogP contribution in [0.1, 0.15) is 25.1 Å². The first kappa shape index (κ1) is 24.8. The molecule has 1 amide bonds. The van der Waals surface area contributed by atoms with Crippen LogP contribution in [-0.2, 0) is 21.1 Å². The van der Waals surface area contributed by atoms with Gasteiger partial charge in [0.1, 0.15) is 17.7 Å². The molecule has 2 aromatic rings. The lowest BCUT2D eigenvalue weighted by atomic mass is 10.0. The summed E-state index contributed by atoms with van der Waals surface area (Å²) in [5.41, 5.74) is 0.112. The lowest BCUT2D eigenvalue weighted by molar-refractivity contribution is -0.130. The van der Waals surface area contributed by atoms with Crippen LogP contribution >= 0.6 is 11.5 Å². The molecule has 0 radical (unpaired) electrons. The van der Waals surface area contributed by atoms with Crippen LogP contribution in [0.4, 0.5) is 15.2 Å². The highest BCUT2D eigenvalue weighted by Crippen LogP contribution is 2.28. The number of rotatable bonds is 8. The van der Waals surface area contributed by atoms with Crippen LogP contribution in [0.15, 0.2) is 23.1 Å². The van der Waals surface area contributed by atoms with Crippen molar-refractivity contribution in [1.29, 1.82) is 0 Å². The maximum Gasteiger partial charge on any atom is 0.245 e. The number of carbonyl (C=O) groups is 1. The van der Waals surface area contributed by atoms with E-state index in [1.807, 2.05) is 4.90 Å². The van der Waals surface area contributed by atoms with Crippen molar-refractivity contribution in [3.63, 3.8) is 0 Å². The number of nitrogens with one attached hydrogen (secondary N) is 1. The van der Waals surface area contributed by atoms with E-state index in [-0.39, 0.29) is 35.6 Å². The zero-order valence-corrected chi connectivity index (χ0v) is 20.4. The number of benzene rings is 1. The first-order valence-corrected chi connectivity index (χ1v) is 13.7. The van der Waals surface area contributed by atoms with Crippen molar-refractivity contribution >= 4 is 38.1 Å². The molecule has 2 atom stereocenters. The summed E-state index contributed by atoms with van der Waals surface area (Å²) in [4.78, 5) is 21.3. The fourth-order valence-corrected chi connectivity index (χ4v) is 5.71. The van der Waals surface area contributed by atoms with Crippen molar-refractivity contribution < 1.29 is 27.8 Å². The predicted molar refractivity (Wildman–Crippen MR) is 125 cm³/mol. The highest BCUT2D eigenvalue weighted by atomic mass is 32.2. The Hall–Kier alpha value is -2.35. The van der Waals surface area contributed by atoms with Crippen molar-refractivity contribution in [2.75, 3.05) is 42.7 Å². The summed E-state index contributed by atoms with van der Waals surface area (Å²) < 4.78 is 41.9. The Morgan fingerprint density at radius 2 is 2.00 bits per heavy atom. The zero-order chi connectivity index (χ0) is 24.5. The Kier molecular flexibility index (Phi) is 7.36. The second-order valence-corrected chi connectivity index (χ2v) is 11.4. The molecule has 2 fully saturated rings. The van der Waals surface area contributed by atoms with E-state index >= 15 is 0 Å². The molecule has 3 N–H and O–H groups in total. The number of hydrogen-bond donors (Lipinski definition) is 3. The van der Waals surface area contributed by atoms with Gasteiger partial charge in [-0.2, -0.15) is 4.37 Å². The zero-order valence-electron chi connectivity index (χ0n) is 18.7. The van der Waals surface area contributed by atoms with Crippen molar-refractivity contribution in [2.45, 2.75) is 48.8 Å². The molecule has 1 aromatic carbocycles. The molecule has 0 saturated carbocycles. The molecule has 0 aliphatic carbocycles. The molecule has 2 saturated heterocycles. The van der Waals surface area contributed by atoms with Crippen molar-refractivity contribution in [3.05, 3.63) is 29.8 Å². The number of hydrogen-bond acceptors (Lipinski definition) is 10. The van der Waals surface area contributed by atoms with Crippen LogP contribution < -0.4 is 10.2 Å². The molecule has 0 unspecified atom stereocenters. The summed E-state index contributed by atoms with van der Waals surface area (Å²) in [7, 11) is -3.51. The van der Waals surface area contributed by atoms with Crippen LogP contribution in [-0.4, -0.2) is 89.5 Å². The molecule has 186 valence electrons. The van der Waals surface area contributed by atoms with Crippen LogP contribution in [0.25, 0.3) is 0 Å². The molecule has 0 bridgehead atoms. The first-order chi connectivity index (χ1) is 16.2. The number of aliphatic hydroxyl groups excluding tert-OH is 2. The van der Waals surface area contributed by atoms with Gasteiger partial charge in [0, 0.05) is 49.9 Å². The number of likely N-dealkylation sites (tertiary alicyclic amines) is 1. The number of amides is 1. The van der Waals surface area contributed by atoms with Gasteiger partial charge in [0.05, 0.1) is 23.3 Å². The Labute approximate surface area is 201 Å². The van der Waals surface area contributed by atoms with Gasteiger partial charge in [-0.05, 0) is 37.5 Å². The van der Waals surface area contributed by atoms with Crippen LogP contribution in [0, 0.1) is 5.82 Å².